The first kappa shape index (κ1) is 15.0. The van der Waals surface area contributed by atoms with Crippen molar-refractivity contribution < 1.29 is 14.3 Å². The highest BCUT2D eigenvalue weighted by molar-refractivity contribution is 7.09. The molecule has 2 heterocycles. The first-order valence-corrected chi connectivity index (χ1v) is 7.42. The van der Waals surface area contributed by atoms with Crippen molar-refractivity contribution in [3.05, 3.63) is 38.8 Å². The Bertz CT molecular complexity index is 561. The molecule has 0 amide bonds. The number of aliphatic hydroxyl groups is 1. The Balaban J connectivity index is 1.78. The normalized spacial score (nSPS) is 12.7. The summed E-state index contributed by atoms with van der Waals surface area (Å²) < 4.78 is 11.5. The Morgan fingerprint density at radius 1 is 1.60 bits per heavy atom. The van der Waals surface area contributed by atoms with Crippen LogP contribution in [0.15, 0.2) is 26.7 Å². The molecule has 110 valence electrons. The molecule has 2 aromatic rings. The van der Waals surface area contributed by atoms with Gasteiger partial charge in [-0.15, -0.1) is 16.4 Å². The number of aryl methyl sites for hydroxylation is 1. The highest BCUT2D eigenvalue weighted by Crippen LogP contribution is 2.09. The molecule has 0 aliphatic rings. The molecule has 0 aliphatic heterocycles. The molecule has 0 aromatic carbocycles. The van der Waals surface area contributed by atoms with Gasteiger partial charge in [-0.05, 0) is 17.9 Å². The molecule has 20 heavy (non-hydrogen) atoms. The Labute approximate surface area is 120 Å². The highest BCUT2D eigenvalue weighted by Gasteiger charge is 2.12. The number of hydrogen-bond acceptors (Lipinski definition) is 6. The maximum absolute atomic E-state index is 11.5. The molecule has 6 nitrogen and oxygen atoms in total. The summed E-state index contributed by atoms with van der Waals surface area (Å²) in [6.07, 6.45) is 0.687. The molecule has 0 spiro atoms. The van der Waals surface area contributed by atoms with E-state index in [0.717, 1.165) is 16.0 Å². The zero-order valence-corrected chi connectivity index (χ0v) is 12.1. The first-order chi connectivity index (χ1) is 9.69. The van der Waals surface area contributed by atoms with Crippen molar-refractivity contribution in [3.63, 3.8) is 0 Å². The molecule has 1 unspecified atom stereocenters. The second-order valence-corrected chi connectivity index (χ2v) is 5.47. The van der Waals surface area contributed by atoms with E-state index in [-0.39, 0.29) is 13.2 Å². The van der Waals surface area contributed by atoms with E-state index in [2.05, 4.69) is 5.10 Å². The third-order valence-corrected chi connectivity index (χ3v) is 3.48. The number of aliphatic hydroxyl groups excluding tert-OH is 1. The molecule has 1 N–H and O–H groups in total. The fraction of sp³-hybridized carbons (Fsp3) is 0.538. The number of hydrogen-bond donors (Lipinski definition) is 1. The van der Waals surface area contributed by atoms with E-state index in [1.807, 2.05) is 24.4 Å². The van der Waals surface area contributed by atoms with Crippen LogP contribution >= 0.6 is 11.3 Å². The molecule has 0 saturated heterocycles. The van der Waals surface area contributed by atoms with Crippen LogP contribution in [-0.4, -0.2) is 27.6 Å². The summed E-state index contributed by atoms with van der Waals surface area (Å²) in [5.41, 5.74) is 0. The Hall–Kier alpha value is -1.44. The quantitative estimate of drug-likeness (QED) is 0.797. The molecule has 0 fully saturated rings. The maximum atomic E-state index is 11.5. The molecule has 0 bridgehead atoms. The van der Waals surface area contributed by atoms with Gasteiger partial charge in [0.15, 0.2) is 0 Å². The van der Waals surface area contributed by atoms with Crippen LogP contribution in [0.5, 0.6) is 0 Å². The monoisotopic (exact) mass is 298 g/mol. The van der Waals surface area contributed by atoms with Crippen LogP contribution in [0, 0.1) is 0 Å². The minimum Gasteiger partial charge on any atom is -0.392 e. The smallest absolute Gasteiger partial charge is 0.392 e. The molecule has 0 saturated carbocycles. The van der Waals surface area contributed by atoms with Gasteiger partial charge in [0.1, 0.15) is 0 Å². The minimum atomic E-state index is -0.785. The summed E-state index contributed by atoms with van der Waals surface area (Å²) >= 11 is 1.60. The highest BCUT2D eigenvalue weighted by atomic mass is 32.1. The van der Waals surface area contributed by atoms with Gasteiger partial charge in [-0.2, -0.15) is 4.68 Å². The first-order valence-electron chi connectivity index (χ1n) is 6.54. The lowest BCUT2D eigenvalue weighted by Crippen LogP contribution is -2.27. The van der Waals surface area contributed by atoms with Crippen molar-refractivity contribution in [1.29, 1.82) is 0 Å². The topological polar surface area (TPSA) is 77.5 Å². The van der Waals surface area contributed by atoms with Crippen LogP contribution in [0.2, 0.25) is 0 Å². The summed E-state index contributed by atoms with van der Waals surface area (Å²) in [5.74, 6) is -0.130. The third-order valence-electron chi connectivity index (χ3n) is 2.63. The summed E-state index contributed by atoms with van der Waals surface area (Å²) in [6.45, 7) is 2.67. The van der Waals surface area contributed by atoms with Crippen molar-refractivity contribution >= 4 is 11.3 Å². The van der Waals surface area contributed by atoms with E-state index in [1.165, 1.54) is 0 Å². The maximum Gasteiger partial charge on any atom is 0.437 e. The predicted octanol–water partition coefficient (Wildman–Crippen LogP) is 1.43. The van der Waals surface area contributed by atoms with Gasteiger partial charge in [-0.25, -0.2) is 4.79 Å². The fourth-order valence-corrected chi connectivity index (χ4v) is 2.36. The lowest BCUT2D eigenvalue weighted by Gasteiger charge is -2.09. The number of thiophene rings is 1. The number of aromatic nitrogens is 2. The van der Waals surface area contributed by atoms with Crippen molar-refractivity contribution in [2.75, 3.05) is 6.61 Å². The number of rotatable bonds is 8. The van der Waals surface area contributed by atoms with Crippen molar-refractivity contribution in [3.8, 4) is 0 Å². The minimum absolute atomic E-state index is 0.0798. The zero-order chi connectivity index (χ0) is 14.4. The molecule has 2 rings (SSSR count). The molecule has 0 aliphatic carbocycles. The zero-order valence-electron chi connectivity index (χ0n) is 11.3. The van der Waals surface area contributed by atoms with E-state index in [4.69, 9.17) is 9.15 Å². The van der Waals surface area contributed by atoms with Crippen LogP contribution < -0.4 is 5.76 Å². The van der Waals surface area contributed by atoms with Gasteiger partial charge in [0.25, 0.3) is 0 Å². The second kappa shape index (κ2) is 7.37. The number of nitrogens with zero attached hydrogens (tertiary/aromatic N) is 2. The van der Waals surface area contributed by atoms with Gasteiger partial charge in [0, 0.05) is 11.3 Å². The SMILES string of the molecule is CCCc1nn(CC(O)COCc2cccs2)c(=O)o1. The van der Waals surface area contributed by atoms with Gasteiger partial charge in [0.2, 0.25) is 5.89 Å². The molecule has 1 atom stereocenters. The standard InChI is InChI=1S/C13H18N2O4S/c1-2-4-12-14-15(13(17)19-12)7-10(16)8-18-9-11-5-3-6-20-11/h3,5-6,10,16H,2,4,7-9H2,1H3. The van der Waals surface area contributed by atoms with E-state index in [1.54, 1.807) is 11.3 Å². The summed E-state index contributed by atoms with van der Waals surface area (Å²) in [7, 11) is 0. The lowest BCUT2D eigenvalue weighted by molar-refractivity contribution is 0.0187. The summed E-state index contributed by atoms with van der Waals surface area (Å²) in [5, 5.41) is 15.8. The van der Waals surface area contributed by atoms with E-state index < -0.39 is 11.9 Å². The summed E-state index contributed by atoms with van der Waals surface area (Å²) in [6, 6.07) is 3.92. The average molecular weight is 298 g/mol. The third kappa shape index (κ3) is 4.29. The van der Waals surface area contributed by atoms with Crippen molar-refractivity contribution in [1.82, 2.24) is 9.78 Å². The van der Waals surface area contributed by atoms with Gasteiger partial charge < -0.3 is 14.3 Å². The van der Waals surface area contributed by atoms with E-state index in [0.29, 0.717) is 18.9 Å². The van der Waals surface area contributed by atoms with E-state index in [9.17, 15) is 9.90 Å². The van der Waals surface area contributed by atoms with Crippen molar-refractivity contribution in [2.45, 2.75) is 39.0 Å². The fourth-order valence-electron chi connectivity index (χ4n) is 1.72. The Morgan fingerprint density at radius 3 is 3.15 bits per heavy atom. The van der Waals surface area contributed by atoms with E-state index >= 15 is 0 Å². The van der Waals surface area contributed by atoms with Crippen LogP contribution in [0.1, 0.15) is 24.1 Å². The summed E-state index contributed by atoms with van der Waals surface area (Å²) in [4.78, 5) is 12.6. The second-order valence-electron chi connectivity index (χ2n) is 4.44. The lowest BCUT2D eigenvalue weighted by atomic mass is 10.3. The van der Waals surface area contributed by atoms with Crippen LogP contribution in [0.25, 0.3) is 0 Å². The largest absolute Gasteiger partial charge is 0.437 e. The molecule has 7 heteroatoms. The van der Waals surface area contributed by atoms with Crippen LogP contribution in [-0.2, 0) is 24.3 Å². The van der Waals surface area contributed by atoms with Gasteiger partial charge in [0.05, 0.1) is 25.9 Å². The van der Waals surface area contributed by atoms with Gasteiger partial charge in [-0.1, -0.05) is 13.0 Å². The van der Waals surface area contributed by atoms with Gasteiger partial charge >= 0.3 is 5.76 Å². The number of ether oxygens (including phenoxy) is 1. The van der Waals surface area contributed by atoms with Crippen molar-refractivity contribution in [2.24, 2.45) is 0 Å². The van der Waals surface area contributed by atoms with Crippen LogP contribution in [0.4, 0.5) is 0 Å². The Morgan fingerprint density at radius 2 is 2.45 bits per heavy atom. The Kier molecular flexibility index (Phi) is 5.51. The average Bonchev–Trinajstić information content (AvgIpc) is 3.01. The predicted molar refractivity (Wildman–Crippen MR) is 74.7 cm³/mol. The molecular weight excluding hydrogens is 280 g/mol. The molecule has 2 aromatic heterocycles. The molecular formula is C13H18N2O4S. The van der Waals surface area contributed by atoms with Crippen LogP contribution in [0.3, 0.4) is 0 Å². The molecule has 0 radical (unpaired) electrons. The van der Waals surface area contributed by atoms with Gasteiger partial charge in [-0.3, -0.25) is 0 Å².